The molecule has 0 saturated carbocycles. The zero-order valence-electron chi connectivity index (χ0n) is 35.9. The normalized spacial score (nSPS) is 14.2. The third-order valence-corrected chi connectivity index (χ3v) is 13.9. The van der Waals surface area contributed by atoms with Gasteiger partial charge in [-0.15, -0.1) is 0 Å². The van der Waals surface area contributed by atoms with Gasteiger partial charge in [0, 0.05) is 5.41 Å². The van der Waals surface area contributed by atoms with Gasteiger partial charge in [-0.25, -0.2) is 0 Å². The molecule has 0 aliphatic heterocycles. The summed E-state index contributed by atoms with van der Waals surface area (Å²) in [6, 6.07) is 88.3. The quantitative estimate of drug-likeness (QED) is 0.134. The molecule has 1 atom stereocenters. The molecule has 0 N–H and O–H groups in total. The van der Waals surface area contributed by atoms with Crippen molar-refractivity contribution in [3.8, 4) is 66.8 Å². The van der Waals surface area contributed by atoms with Crippen LogP contribution in [0.25, 0.3) is 99.1 Å². The lowest BCUT2D eigenvalue weighted by Crippen LogP contribution is -2.26. The number of hydrogen-bond donors (Lipinski definition) is 0. The van der Waals surface area contributed by atoms with Crippen molar-refractivity contribution in [2.75, 3.05) is 0 Å². The van der Waals surface area contributed by atoms with Crippen molar-refractivity contribution in [2.24, 2.45) is 0 Å². The molecule has 11 aromatic rings. The fraction of sp³-hybridized carbons (Fsp3) is 0.0625. The van der Waals surface area contributed by atoms with Gasteiger partial charge in [0.25, 0.3) is 0 Å². The highest BCUT2D eigenvalue weighted by Crippen LogP contribution is 2.56. The lowest BCUT2D eigenvalue weighted by Gasteiger charge is -2.33. The molecule has 0 aromatic heterocycles. The Morgan fingerprint density at radius 3 is 1.34 bits per heavy atom. The number of hydrogen-bond acceptors (Lipinski definition) is 0. The van der Waals surface area contributed by atoms with E-state index in [9.17, 15) is 0 Å². The first-order valence-electron chi connectivity index (χ1n) is 22.7. The SMILES string of the molecule is CCCC1(c2ccc3ccccc3c2)c2ccccc2-c2ccc(-c3c4ccccc4c(-c4ccc(-c5cc(-c6ccccc6)cc(-c6ccccc6)c5)cc4)c4ccccc34)cc21. The number of benzene rings is 11. The van der Waals surface area contributed by atoms with Crippen molar-refractivity contribution in [1.82, 2.24) is 0 Å². The summed E-state index contributed by atoms with van der Waals surface area (Å²) in [6.07, 6.45) is 2.09. The molecule has 1 unspecified atom stereocenters. The average Bonchev–Trinajstić information content (AvgIpc) is 3.65. The molecule has 0 heteroatoms. The van der Waals surface area contributed by atoms with Gasteiger partial charge in [0.15, 0.2) is 0 Å². The summed E-state index contributed by atoms with van der Waals surface area (Å²) in [5, 5.41) is 7.63. The van der Waals surface area contributed by atoms with Crippen LogP contribution in [-0.4, -0.2) is 0 Å². The summed E-state index contributed by atoms with van der Waals surface area (Å²) in [7, 11) is 0. The van der Waals surface area contributed by atoms with E-state index >= 15 is 0 Å². The molecule has 0 amide bonds. The maximum atomic E-state index is 2.55. The topological polar surface area (TPSA) is 0 Å². The van der Waals surface area contributed by atoms with Gasteiger partial charge in [-0.05, 0) is 153 Å². The zero-order valence-corrected chi connectivity index (χ0v) is 35.9. The maximum Gasteiger partial charge on any atom is 0.0464 e. The molecular formula is C64H46. The van der Waals surface area contributed by atoms with Crippen LogP contribution in [0.4, 0.5) is 0 Å². The smallest absolute Gasteiger partial charge is 0.0464 e. The molecule has 0 saturated heterocycles. The number of rotatable bonds is 8. The van der Waals surface area contributed by atoms with Crippen LogP contribution in [0.2, 0.25) is 0 Å². The maximum absolute atomic E-state index is 2.55. The van der Waals surface area contributed by atoms with Gasteiger partial charge in [-0.1, -0.05) is 220 Å². The summed E-state index contributed by atoms with van der Waals surface area (Å²) in [5.41, 5.74) is 18.9. The van der Waals surface area contributed by atoms with Crippen molar-refractivity contribution in [3.63, 3.8) is 0 Å². The minimum absolute atomic E-state index is 0.267. The zero-order chi connectivity index (χ0) is 42.6. The van der Waals surface area contributed by atoms with Crippen LogP contribution in [0.15, 0.2) is 237 Å². The van der Waals surface area contributed by atoms with E-state index in [2.05, 4.69) is 244 Å². The Morgan fingerprint density at radius 2 is 0.750 bits per heavy atom. The van der Waals surface area contributed by atoms with Crippen LogP contribution >= 0.6 is 0 Å². The molecule has 302 valence electrons. The third-order valence-electron chi connectivity index (χ3n) is 13.9. The van der Waals surface area contributed by atoms with E-state index in [4.69, 9.17) is 0 Å². The molecule has 1 aliphatic rings. The van der Waals surface area contributed by atoms with Gasteiger partial charge < -0.3 is 0 Å². The highest BCUT2D eigenvalue weighted by Gasteiger charge is 2.44. The first-order valence-corrected chi connectivity index (χ1v) is 22.7. The second-order valence-corrected chi connectivity index (χ2v) is 17.5. The van der Waals surface area contributed by atoms with E-state index in [1.165, 1.54) is 116 Å². The number of fused-ring (bicyclic) bond motifs is 6. The Balaban J connectivity index is 1.02. The van der Waals surface area contributed by atoms with Crippen molar-refractivity contribution >= 4 is 32.3 Å². The van der Waals surface area contributed by atoms with Crippen LogP contribution in [0.5, 0.6) is 0 Å². The Bertz CT molecular complexity index is 3430. The molecule has 64 heavy (non-hydrogen) atoms. The third kappa shape index (κ3) is 6.13. The van der Waals surface area contributed by atoms with E-state index in [-0.39, 0.29) is 5.41 Å². The van der Waals surface area contributed by atoms with E-state index in [0.29, 0.717) is 0 Å². The standard InChI is InChI=1S/C64H46/c1-2-37-64(53-35-33-45-21-9-10-22-48(45)41-53)60-28-16-15-23-54(60)55-36-34-49(42-61(55)64)63-58-26-13-11-24-56(58)62(57-25-12-14-27-59(57)63)47-31-29-46(30-32-47)52-39-50(43-17-5-3-6-18-43)38-51(40-52)44-19-7-4-8-20-44/h3-36,38-42H,2,37H2,1H3. The largest absolute Gasteiger partial charge is 0.0653 e. The fourth-order valence-electron chi connectivity index (χ4n) is 11.0. The second-order valence-electron chi connectivity index (χ2n) is 17.5. The minimum Gasteiger partial charge on any atom is -0.0653 e. The Kier molecular flexibility index (Phi) is 9.20. The Labute approximate surface area is 375 Å². The summed E-state index contributed by atoms with van der Waals surface area (Å²) in [6.45, 7) is 2.34. The molecule has 0 bridgehead atoms. The van der Waals surface area contributed by atoms with Crippen LogP contribution in [-0.2, 0) is 5.41 Å². The molecule has 0 nitrogen and oxygen atoms in total. The van der Waals surface area contributed by atoms with Crippen molar-refractivity contribution in [2.45, 2.75) is 25.2 Å². The molecule has 1 aliphatic carbocycles. The van der Waals surface area contributed by atoms with E-state index in [1.807, 2.05) is 0 Å². The first kappa shape index (κ1) is 37.9. The van der Waals surface area contributed by atoms with E-state index < -0.39 is 0 Å². The van der Waals surface area contributed by atoms with Crippen molar-refractivity contribution < 1.29 is 0 Å². The minimum atomic E-state index is -0.267. The van der Waals surface area contributed by atoms with Crippen molar-refractivity contribution in [3.05, 3.63) is 253 Å². The lowest BCUT2D eigenvalue weighted by molar-refractivity contribution is 0.563. The van der Waals surface area contributed by atoms with Gasteiger partial charge >= 0.3 is 0 Å². The molecular weight excluding hydrogens is 769 g/mol. The second kappa shape index (κ2) is 15.5. The van der Waals surface area contributed by atoms with E-state index in [1.54, 1.807) is 0 Å². The molecule has 0 heterocycles. The predicted molar refractivity (Wildman–Crippen MR) is 273 cm³/mol. The molecule has 0 fully saturated rings. The van der Waals surface area contributed by atoms with E-state index in [0.717, 1.165) is 12.8 Å². The van der Waals surface area contributed by atoms with Crippen molar-refractivity contribution in [1.29, 1.82) is 0 Å². The summed E-state index contributed by atoms with van der Waals surface area (Å²) >= 11 is 0. The highest BCUT2D eigenvalue weighted by atomic mass is 14.5. The Hall–Kier alpha value is -7.80. The molecule has 12 rings (SSSR count). The summed E-state index contributed by atoms with van der Waals surface area (Å²) in [5.74, 6) is 0. The van der Waals surface area contributed by atoms with Gasteiger partial charge in [0.1, 0.15) is 0 Å². The van der Waals surface area contributed by atoms with Gasteiger partial charge in [0.2, 0.25) is 0 Å². The van der Waals surface area contributed by atoms with Gasteiger partial charge in [0.05, 0.1) is 0 Å². The molecule has 11 aromatic carbocycles. The lowest BCUT2D eigenvalue weighted by atomic mass is 9.69. The average molecular weight is 815 g/mol. The monoisotopic (exact) mass is 814 g/mol. The van der Waals surface area contributed by atoms with Crippen LogP contribution in [0.3, 0.4) is 0 Å². The first-order chi connectivity index (χ1) is 31.7. The summed E-state index contributed by atoms with van der Waals surface area (Å²) in [4.78, 5) is 0. The predicted octanol–water partition coefficient (Wildman–Crippen LogP) is 17.6. The van der Waals surface area contributed by atoms with Crippen LogP contribution in [0.1, 0.15) is 36.5 Å². The Morgan fingerprint density at radius 1 is 0.297 bits per heavy atom. The van der Waals surface area contributed by atoms with Crippen LogP contribution in [0, 0.1) is 0 Å². The van der Waals surface area contributed by atoms with Gasteiger partial charge in [-0.3, -0.25) is 0 Å². The van der Waals surface area contributed by atoms with Gasteiger partial charge in [-0.2, -0.15) is 0 Å². The highest BCUT2D eigenvalue weighted by molar-refractivity contribution is 6.21. The molecule has 0 spiro atoms. The molecule has 0 radical (unpaired) electrons. The summed E-state index contributed by atoms with van der Waals surface area (Å²) < 4.78 is 0. The van der Waals surface area contributed by atoms with Crippen LogP contribution < -0.4 is 0 Å². The fourth-order valence-corrected chi connectivity index (χ4v) is 11.0.